The maximum absolute atomic E-state index is 10.9. The number of hydrogen-bond acceptors (Lipinski definition) is 4. The number of hydrogen-bond donors (Lipinski definition) is 1. The van der Waals surface area contributed by atoms with Crippen molar-refractivity contribution in [3.8, 4) is 0 Å². The molecule has 0 aliphatic carbocycles. The van der Waals surface area contributed by atoms with E-state index in [0.717, 1.165) is 0 Å². The van der Waals surface area contributed by atoms with Crippen molar-refractivity contribution in [2.75, 3.05) is 7.11 Å². The maximum atomic E-state index is 10.9. The van der Waals surface area contributed by atoms with Crippen LogP contribution < -0.4 is 0 Å². The Labute approximate surface area is 92.7 Å². The average molecular weight is 234 g/mol. The van der Waals surface area contributed by atoms with Crippen LogP contribution in [0.25, 0.3) is 0 Å². The Morgan fingerprint density at radius 3 is 2.07 bits per heavy atom. The van der Waals surface area contributed by atoms with Crippen LogP contribution in [0.1, 0.15) is 20.8 Å². The zero-order chi connectivity index (χ0) is 12.2. The molecule has 0 radical (unpaired) electrons. The number of esters is 1. The SMILES string of the molecule is CO[Si](C)(C)C(C)C(OC(C)=O)C(C)O. The molecule has 0 rings (SSSR count). The Bertz CT molecular complexity index is 215. The predicted octanol–water partition coefficient (Wildman–Crippen LogP) is 1.54. The summed E-state index contributed by atoms with van der Waals surface area (Å²) in [7, 11) is -0.248. The molecule has 0 spiro atoms. The Hall–Kier alpha value is -0.393. The van der Waals surface area contributed by atoms with Crippen molar-refractivity contribution in [3.63, 3.8) is 0 Å². The van der Waals surface area contributed by atoms with E-state index in [9.17, 15) is 9.90 Å². The van der Waals surface area contributed by atoms with Crippen molar-refractivity contribution in [1.29, 1.82) is 0 Å². The molecule has 0 fully saturated rings. The van der Waals surface area contributed by atoms with E-state index in [1.165, 1.54) is 6.92 Å². The summed E-state index contributed by atoms with van der Waals surface area (Å²) in [6.45, 7) is 9.01. The Balaban J connectivity index is 4.69. The van der Waals surface area contributed by atoms with E-state index in [1.807, 2.05) is 20.0 Å². The van der Waals surface area contributed by atoms with Gasteiger partial charge in [-0.3, -0.25) is 4.79 Å². The van der Waals surface area contributed by atoms with Gasteiger partial charge in [0.2, 0.25) is 0 Å². The monoisotopic (exact) mass is 234 g/mol. The highest BCUT2D eigenvalue weighted by atomic mass is 28.4. The Morgan fingerprint density at radius 2 is 1.80 bits per heavy atom. The van der Waals surface area contributed by atoms with E-state index in [1.54, 1.807) is 14.0 Å². The van der Waals surface area contributed by atoms with Crippen LogP contribution in [0.4, 0.5) is 0 Å². The van der Waals surface area contributed by atoms with Gasteiger partial charge in [-0.1, -0.05) is 6.92 Å². The van der Waals surface area contributed by atoms with Crippen molar-refractivity contribution < 1.29 is 19.1 Å². The number of aliphatic hydroxyl groups excluding tert-OH is 1. The summed E-state index contributed by atoms with van der Waals surface area (Å²) < 4.78 is 10.6. The lowest BCUT2D eigenvalue weighted by molar-refractivity contribution is -0.152. The molecule has 0 aliphatic rings. The second kappa shape index (κ2) is 5.63. The zero-order valence-corrected chi connectivity index (χ0v) is 11.4. The number of carbonyl (C=O) groups excluding carboxylic acids is 1. The standard InChI is InChI=1S/C10H22O4Si/c1-7(11)10(14-9(3)12)8(2)15(5,6)13-4/h7-8,10-11H,1-6H3. The highest BCUT2D eigenvalue weighted by Crippen LogP contribution is 2.29. The van der Waals surface area contributed by atoms with E-state index in [0.29, 0.717) is 0 Å². The van der Waals surface area contributed by atoms with Crippen molar-refractivity contribution in [1.82, 2.24) is 0 Å². The number of aliphatic hydroxyl groups is 1. The third kappa shape index (κ3) is 4.32. The lowest BCUT2D eigenvalue weighted by Gasteiger charge is -2.34. The number of ether oxygens (including phenoxy) is 1. The minimum atomic E-state index is -1.91. The van der Waals surface area contributed by atoms with Gasteiger partial charge in [-0.05, 0) is 20.0 Å². The fraction of sp³-hybridized carbons (Fsp3) is 0.900. The molecule has 0 saturated carbocycles. The molecule has 0 aromatic rings. The van der Waals surface area contributed by atoms with Gasteiger partial charge in [-0.25, -0.2) is 0 Å². The van der Waals surface area contributed by atoms with Crippen molar-refractivity contribution in [3.05, 3.63) is 0 Å². The molecule has 0 aromatic heterocycles. The first-order valence-corrected chi connectivity index (χ1v) is 8.11. The molecule has 3 unspecified atom stereocenters. The molecule has 0 aromatic carbocycles. The zero-order valence-electron chi connectivity index (χ0n) is 10.4. The summed E-state index contributed by atoms with van der Waals surface area (Å²) in [5.74, 6) is -0.367. The molecular formula is C10H22O4Si. The topological polar surface area (TPSA) is 55.8 Å². The summed E-state index contributed by atoms with van der Waals surface area (Å²) in [6, 6.07) is 0. The second-order valence-electron chi connectivity index (χ2n) is 4.41. The molecule has 3 atom stereocenters. The Morgan fingerprint density at radius 1 is 1.33 bits per heavy atom. The van der Waals surface area contributed by atoms with Gasteiger partial charge in [0.05, 0.1) is 6.10 Å². The molecule has 1 N–H and O–H groups in total. The average Bonchev–Trinajstić information content (AvgIpc) is 2.12. The molecule has 90 valence electrons. The number of carbonyl (C=O) groups is 1. The minimum Gasteiger partial charge on any atom is -0.460 e. The summed E-state index contributed by atoms with van der Waals surface area (Å²) in [5.41, 5.74) is 0.0476. The smallest absolute Gasteiger partial charge is 0.302 e. The lowest BCUT2D eigenvalue weighted by atomic mass is 10.2. The van der Waals surface area contributed by atoms with Gasteiger partial charge in [0.25, 0.3) is 0 Å². The normalized spacial score (nSPS) is 18.1. The van der Waals surface area contributed by atoms with Crippen molar-refractivity contribution in [2.24, 2.45) is 0 Å². The van der Waals surface area contributed by atoms with Gasteiger partial charge in [0.15, 0.2) is 8.32 Å². The molecule has 0 amide bonds. The van der Waals surface area contributed by atoms with Crippen LogP contribution in [0.3, 0.4) is 0 Å². The highest BCUT2D eigenvalue weighted by molar-refractivity contribution is 6.72. The fourth-order valence-electron chi connectivity index (χ4n) is 1.39. The molecular weight excluding hydrogens is 212 g/mol. The second-order valence-corrected chi connectivity index (χ2v) is 8.94. The summed E-state index contributed by atoms with van der Waals surface area (Å²) in [5, 5.41) is 9.58. The third-order valence-electron chi connectivity index (χ3n) is 2.89. The summed E-state index contributed by atoms with van der Waals surface area (Å²) >= 11 is 0. The summed E-state index contributed by atoms with van der Waals surface area (Å²) in [4.78, 5) is 10.9. The maximum Gasteiger partial charge on any atom is 0.302 e. The molecule has 4 nitrogen and oxygen atoms in total. The van der Waals surface area contributed by atoms with E-state index in [4.69, 9.17) is 9.16 Å². The van der Waals surface area contributed by atoms with Crippen LogP contribution in [0.15, 0.2) is 0 Å². The van der Waals surface area contributed by atoms with Crippen LogP contribution in [0.5, 0.6) is 0 Å². The molecule has 0 bridgehead atoms. The van der Waals surface area contributed by atoms with E-state index in [-0.39, 0.29) is 11.5 Å². The first-order valence-electron chi connectivity index (χ1n) is 5.12. The van der Waals surface area contributed by atoms with Gasteiger partial charge in [0.1, 0.15) is 6.10 Å². The first-order chi connectivity index (χ1) is 6.72. The summed E-state index contributed by atoms with van der Waals surface area (Å²) in [6.07, 6.45) is -1.16. The van der Waals surface area contributed by atoms with E-state index < -0.39 is 20.5 Å². The molecule has 0 saturated heterocycles. The predicted molar refractivity (Wildman–Crippen MR) is 61.1 cm³/mol. The van der Waals surface area contributed by atoms with Crippen LogP contribution >= 0.6 is 0 Å². The molecule has 0 aliphatic heterocycles. The van der Waals surface area contributed by atoms with Crippen molar-refractivity contribution in [2.45, 2.75) is 51.6 Å². The lowest BCUT2D eigenvalue weighted by Crippen LogP contribution is -2.45. The first kappa shape index (κ1) is 14.6. The highest BCUT2D eigenvalue weighted by Gasteiger charge is 2.39. The van der Waals surface area contributed by atoms with Crippen LogP contribution in [-0.2, 0) is 14.0 Å². The third-order valence-corrected chi connectivity index (χ3v) is 6.47. The van der Waals surface area contributed by atoms with Crippen LogP contribution in [0.2, 0.25) is 18.6 Å². The van der Waals surface area contributed by atoms with Gasteiger partial charge in [-0.15, -0.1) is 0 Å². The molecule has 5 heteroatoms. The Kier molecular flexibility index (Phi) is 5.48. The number of rotatable bonds is 5. The fourth-order valence-corrected chi connectivity index (χ4v) is 2.90. The van der Waals surface area contributed by atoms with Gasteiger partial charge in [-0.2, -0.15) is 0 Å². The quantitative estimate of drug-likeness (QED) is 0.579. The van der Waals surface area contributed by atoms with E-state index >= 15 is 0 Å². The van der Waals surface area contributed by atoms with Gasteiger partial charge >= 0.3 is 5.97 Å². The van der Waals surface area contributed by atoms with Gasteiger partial charge < -0.3 is 14.3 Å². The van der Waals surface area contributed by atoms with Crippen LogP contribution in [-0.4, -0.2) is 38.7 Å². The minimum absolute atomic E-state index is 0.0476. The molecule has 0 heterocycles. The van der Waals surface area contributed by atoms with Crippen molar-refractivity contribution >= 4 is 14.3 Å². The van der Waals surface area contributed by atoms with E-state index in [2.05, 4.69) is 0 Å². The molecule has 15 heavy (non-hydrogen) atoms. The largest absolute Gasteiger partial charge is 0.460 e. The van der Waals surface area contributed by atoms with Gasteiger partial charge in [0, 0.05) is 19.6 Å². The van der Waals surface area contributed by atoms with Crippen LogP contribution in [0, 0.1) is 0 Å².